The van der Waals surface area contributed by atoms with Crippen molar-refractivity contribution in [2.75, 3.05) is 41.3 Å². The number of carbonyl (C=O) groups is 1. The summed E-state index contributed by atoms with van der Waals surface area (Å²) in [6.07, 6.45) is 9.12. The van der Waals surface area contributed by atoms with Crippen molar-refractivity contribution < 1.29 is 9.90 Å². The van der Waals surface area contributed by atoms with E-state index < -0.39 is 0 Å². The van der Waals surface area contributed by atoms with Crippen LogP contribution in [0.1, 0.15) is 36.2 Å². The molecule has 0 spiro atoms. The van der Waals surface area contributed by atoms with Crippen LogP contribution in [-0.4, -0.2) is 63.5 Å². The summed E-state index contributed by atoms with van der Waals surface area (Å²) in [4.78, 5) is 26.6. The lowest BCUT2D eigenvalue weighted by Crippen LogP contribution is -2.36. The molecule has 0 atom stereocenters. The molecule has 3 aromatic heterocycles. The molecule has 0 bridgehead atoms. The Morgan fingerprint density at radius 3 is 2.56 bits per heavy atom. The zero-order chi connectivity index (χ0) is 24.5. The quantitative estimate of drug-likeness (QED) is 0.396. The minimum absolute atomic E-state index is 0.228. The summed E-state index contributed by atoms with van der Waals surface area (Å²) in [6.45, 7) is 3.68. The highest BCUT2D eigenvalue weighted by Gasteiger charge is 2.19. The van der Waals surface area contributed by atoms with E-state index in [-0.39, 0.29) is 12.0 Å². The first kappa shape index (κ1) is 22.5. The van der Waals surface area contributed by atoms with Crippen molar-refractivity contribution in [3.05, 3.63) is 60.7 Å². The number of H-pyrrole nitrogens is 1. The lowest BCUT2D eigenvalue weighted by atomic mass is 10.0. The molecule has 0 aliphatic carbocycles. The van der Waals surface area contributed by atoms with Gasteiger partial charge in [-0.3, -0.25) is 14.9 Å². The predicted molar refractivity (Wildman–Crippen MR) is 140 cm³/mol. The maximum absolute atomic E-state index is 13.1. The van der Waals surface area contributed by atoms with Gasteiger partial charge in [0.2, 0.25) is 0 Å². The number of aromatic amines is 1. The van der Waals surface area contributed by atoms with Crippen LogP contribution in [0.5, 0.6) is 0 Å². The second-order valence-corrected chi connectivity index (χ2v) is 9.54. The van der Waals surface area contributed by atoms with Gasteiger partial charge in [-0.2, -0.15) is 5.10 Å². The molecule has 9 nitrogen and oxygen atoms in total. The molecule has 2 aliphatic heterocycles. The lowest BCUT2D eigenvalue weighted by Gasteiger charge is -2.30. The van der Waals surface area contributed by atoms with Crippen LogP contribution in [-0.2, 0) is 0 Å². The smallest absolute Gasteiger partial charge is 0.276 e. The van der Waals surface area contributed by atoms with Gasteiger partial charge in [0.1, 0.15) is 5.82 Å². The van der Waals surface area contributed by atoms with Gasteiger partial charge in [-0.15, -0.1) is 0 Å². The fraction of sp³-hybridized carbons (Fsp3) is 0.333. The second kappa shape index (κ2) is 9.58. The van der Waals surface area contributed by atoms with Crippen molar-refractivity contribution in [2.24, 2.45) is 0 Å². The topological polar surface area (TPSA) is 110 Å². The van der Waals surface area contributed by atoms with Gasteiger partial charge in [-0.1, -0.05) is 6.07 Å². The van der Waals surface area contributed by atoms with E-state index in [4.69, 9.17) is 0 Å². The zero-order valence-corrected chi connectivity index (χ0v) is 20.0. The van der Waals surface area contributed by atoms with Crippen LogP contribution in [0.15, 0.2) is 55.0 Å². The normalized spacial score (nSPS) is 16.6. The van der Waals surface area contributed by atoms with Crippen LogP contribution in [0.25, 0.3) is 22.0 Å². The van der Waals surface area contributed by atoms with Crippen molar-refractivity contribution in [3.8, 4) is 11.1 Å². The number of fused-ring (bicyclic) bond motifs is 1. The summed E-state index contributed by atoms with van der Waals surface area (Å²) < 4.78 is 0. The Labute approximate surface area is 209 Å². The Morgan fingerprint density at radius 1 is 0.944 bits per heavy atom. The van der Waals surface area contributed by atoms with E-state index in [2.05, 4.69) is 41.3 Å². The summed E-state index contributed by atoms with van der Waals surface area (Å²) in [6, 6.07) is 11.9. The van der Waals surface area contributed by atoms with E-state index in [1.807, 2.05) is 42.7 Å². The fourth-order valence-corrected chi connectivity index (χ4v) is 5.03. The highest BCUT2D eigenvalue weighted by atomic mass is 16.3. The molecule has 6 rings (SSSR count). The van der Waals surface area contributed by atoms with Gasteiger partial charge in [0, 0.05) is 43.3 Å². The van der Waals surface area contributed by atoms with Crippen LogP contribution in [0.2, 0.25) is 0 Å². The minimum Gasteiger partial charge on any atom is -0.393 e. The number of aliphatic hydroxyl groups is 1. The van der Waals surface area contributed by atoms with Gasteiger partial charge in [0.15, 0.2) is 5.69 Å². The van der Waals surface area contributed by atoms with Crippen molar-refractivity contribution in [3.63, 3.8) is 0 Å². The summed E-state index contributed by atoms with van der Waals surface area (Å²) in [7, 11) is 0. The third-order valence-corrected chi connectivity index (χ3v) is 7.10. The molecule has 3 N–H and O–H groups in total. The standard InChI is InChI=1S/C27H29N7O2/c35-22-7-11-34(12-8-22)25-6-4-20(16-29-25)30-27(36)26-23-14-18(3-5-24(23)31-32-26)19-13-21(17-28-15-19)33-9-1-2-10-33/h3-6,13-17,22,35H,1-2,7-12H2,(H,30,36)(H,31,32). The molecule has 2 saturated heterocycles. The number of pyridine rings is 2. The summed E-state index contributed by atoms with van der Waals surface area (Å²) >= 11 is 0. The number of anilines is 3. The molecule has 1 amide bonds. The van der Waals surface area contributed by atoms with Gasteiger partial charge in [-0.05, 0) is 61.6 Å². The molecular formula is C27H29N7O2. The summed E-state index contributed by atoms with van der Waals surface area (Å²) in [5.74, 6) is 0.553. The molecule has 9 heteroatoms. The van der Waals surface area contributed by atoms with Crippen molar-refractivity contribution in [1.29, 1.82) is 0 Å². The minimum atomic E-state index is -0.294. The number of carbonyl (C=O) groups excluding carboxylic acids is 1. The Hall–Kier alpha value is -3.98. The van der Waals surface area contributed by atoms with Crippen LogP contribution < -0.4 is 15.1 Å². The summed E-state index contributed by atoms with van der Waals surface area (Å²) in [5, 5.41) is 20.6. The van der Waals surface area contributed by atoms with Gasteiger partial charge < -0.3 is 20.2 Å². The Kier molecular flexibility index (Phi) is 5.98. The number of aromatic nitrogens is 4. The molecule has 0 unspecified atom stereocenters. The average Bonchev–Trinajstić information content (AvgIpc) is 3.60. The third-order valence-electron chi connectivity index (χ3n) is 7.10. The first-order valence-corrected chi connectivity index (χ1v) is 12.5. The third kappa shape index (κ3) is 4.49. The number of aliphatic hydroxyl groups excluding tert-OH is 1. The van der Waals surface area contributed by atoms with E-state index in [1.165, 1.54) is 12.8 Å². The zero-order valence-electron chi connectivity index (χ0n) is 20.0. The molecule has 2 fully saturated rings. The Bertz CT molecular complexity index is 1370. The predicted octanol–water partition coefficient (Wildman–Crippen LogP) is 3.83. The highest BCUT2D eigenvalue weighted by Crippen LogP contribution is 2.29. The number of piperidine rings is 1. The highest BCUT2D eigenvalue weighted by molar-refractivity contribution is 6.11. The van der Waals surface area contributed by atoms with Crippen molar-refractivity contribution >= 4 is 34.0 Å². The van der Waals surface area contributed by atoms with Crippen LogP contribution in [0, 0.1) is 0 Å². The first-order valence-electron chi connectivity index (χ1n) is 12.5. The van der Waals surface area contributed by atoms with Crippen LogP contribution >= 0.6 is 0 Å². The molecule has 4 aromatic rings. The van der Waals surface area contributed by atoms with E-state index in [9.17, 15) is 9.90 Å². The molecule has 36 heavy (non-hydrogen) atoms. The number of benzene rings is 1. The van der Waals surface area contributed by atoms with Crippen molar-refractivity contribution in [1.82, 2.24) is 20.2 Å². The number of nitrogens with zero attached hydrogens (tertiary/aromatic N) is 5. The molecule has 1 aromatic carbocycles. The maximum Gasteiger partial charge on any atom is 0.276 e. The van der Waals surface area contributed by atoms with Gasteiger partial charge in [0.05, 0.1) is 35.4 Å². The molecule has 0 radical (unpaired) electrons. The Balaban J connectivity index is 1.21. The SMILES string of the molecule is O=C(Nc1ccc(N2CCC(O)CC2)nc1)c1n[nH]c2ccc(-c3cncc(N4CCCC4)c3)cc12. The van der Waals surface area contributed by atoms with E-state index in [0.717, 1.165) is 72.6 Å². The number of rotatable bonds is 5. The van der Waals surface area contributed by atoms with Crippen LogP contribution in [0.4, 0.5) is 17.2 Å². The number of hydrogen-bond donors (Lipinski definition) is 3. The Morgan fingerprint density at radius 2 is 1.78 bits per heavy atom. The number of amides is 1. The fourth-order valence-electron chi connectivity index (χ4n) is 5.03. The van der Waals surface area contributed by atoms with Gasteiger partial charge in [0.25, 0.3) is 5.91 Å². The number of hydrogen-bond acceptors (Lipinski definition) is 7. The van der Waals surface area contributed by atoms with E-state index >= 15 is 0 Å². The summed E-state index contributed by atoms with van der Waals surface area (Å²) in [5.41, 5.74) is 4.88. The number of nitrogens with one attached hydrogen (secondary N) is 2. The molecule has 0 saturated carbocycles. The van der Waals surface area contributed by atoms with E-state index in [0.29, 0.717) is 11.4 Å². The first-order chi connectivity index (χ1) is 17.6. The van der Waals surface area contributed by atoms with Gasteiger partial charge in [-0.25, -0.2) is 4.98 Å². The molecule has 2 aliphatic rings. The van der Waals surface area contributed by atoms with Crippen LogP contribution in [0.3, 0.4) is 0 Å². The van der Waals surface area contributed by atoms with Crippen molar-refractivity contribution in [2.45, 2.75) is 31.8 Å². The van der Waals surface area contributed by atoms with E-state index in [1.54, 1.807) is 6.20 Å². The molecule has 184 valence electrons. The average molecular weight is 484 g/mol. The lowest BCUT2D eigenvalue weighted by molar-refractivity contribution is 0.102. The molecule has 5 heterocycles. The molecular weight excluding hydrogens is 454 g/mol. The maximum atomic E-state index is 13.1. The second-order valence-electron chi connectivity index (χ2n) is 9.54. The largest absolute Gasteiger partial charge is 0.393 e. The monoisotopic (exact) mass is 483 g/mol. The van der Waals surface area contributed by atoms with Gasteiger partial charge >= 0.3 is 0 Å².